The number of rotatable bonds is 3. The fourth-order valence-electron chi connectivity index (χ4n) is 2.13. The Morgan fingerprint density at radius 1 is 1.32 bits per heavy atom. The molecule has 3 rings (SSSR count). The van der Waals surface area contributed by atoms with Gasteiger partial charge in [0.05, 0.1) is 5.69 Å². The molecule has 1 amide bonds. The number of hydrogen-bond donors (Lipinski definition) is 1. The lowest BCUT2D eigenvalue weighted by atomic mass is 10.2. The normalized spacial score (nSPS) is 10.7. The first kappa shape index (κ1) is 14.5. The maximum atomic E-state index is 12.3. The standard InChI is InChI=1S/C14H13BrN6O/c1-9-17-18-19-21(9)12-5-3-4-11(7-12)16-14(22)13-6-10(15)8-20(13)2/h3-8H,1-2H3,(H,16,22). The van der Waals surface area contributed by atoms with E-state index >= 15 is 0 Å². The van der Waals surface area contributed by atoms with Gasteiger partial charge in [0, 0.05) is 23.4 Å². The summed E-state index contributed by atoms with van der Waals surface area (Å²) in [6.07, 6.45) is 1.83. The number of tetrazole rings is 1. The van der Waals surface area contributed by atoms with Gasteiger partial charge < -0.3 is 9.88 Å². The van der Waals surface area contributed by atoms with Crippen molar-refractivity contribution in [2.45, 2.75) is 6.92 Å². The molecule has 22 heavy (non-hydrogen) atoms. The summed E-state index contributed by atoms with van der Waals surface area (Å²) in [5.41, 5.74) is 2.03. The third-order valence-electron chi connectivity index (χ3n) is 3.18. The number of halogens is 1. The van der Waals surface area contributed by atoms with E-state index in [1.807, 2.05) is 44.4 Å². The van der Waals surface area contributed by atoms with Gasteiger partial charge in [-0.3, -0.25) is 4.79 Å². The molecule has 1 N–H and O–H groups in total. The summed E-state index contributed by atoms with van der Waals surface area (Å²) in [5, 5.41) is 14.3. The number of aromatic nitrogens is 5. The van der Waals surface area contributed by atoms with Crippen molar-refractivity contribution in [2.75, 3.05) is 5.32 Å². The summed E-state index contributed by atoms with van der Waals surface area (Å²) in [6, 6.07) is 9.12. The highest BCUT2D eigenvalue weighted by Crippen LogP contribution is 2.18. The van der Waals surface area contributed by atoms with Gasteiger partial charge in [0.25, 0.3) is 5.91 Å². The molecule has 0 saturated carbocycles. The van der Waals surface area contributed by atoms with Crippen molar-refractivity contribution >= 4 is 27.5 Å². The van der Waals surface area contributed by atoms with Crippen LogP contribution in [0.3, 0.4) is 0 Å². The van der Waals surface area contributed by atoms with E-state index in [1.165, 1.54) is 0 Å². The van der Waals surface area contributed by atoms with Crippen LogP contribution in [0.4, 0.5) is 5.69 Å². The van der Waals surface area contributed by atoms with Crippen LogP contribution >= 0.6 is 15.9 Å². The number of carbonyl (C=O) groups is 1. The molecule has 0 aliphatic carbocycles. The van der Waals surface area contributed by atoms with Crippen LogP contribution in [0.15, 0.2) is 41.0 Å². The topological polar surface area (TPSA) is 77.6 Å². The van der Waals surface area contributed by atoms with Crippen LogP contribution in [-0.4, -0.2) is 30.7 Å². The number of carbonyl (C=O) groups excluding carboxylic acids is 1. The van der Waals surface area contributed by atoms with Gasteiger partial charge in [-0.15, -0.1) is 5.10 Å². The minimum atomic E-state index is -0.182. The number of nitrogens with one attached hydrogen (secondary N) is 1. The highest BCUT2D eigenvalue weighted by atomic mass is 79.9. The molecule has 0 aliphatic heterocycles. The van der Waals surface area contributed by atoms with Crippen LogP contribution < -0.4 is 5.32 Å². The van der Waals surface area contributed by atoms with Gasteiger partial charge in [0.15, 0.2) is 5.82 Å². The molecule has 8 heteroatoms. The third kappa shape index (κ3) is 2.77. The molecule has 0 radical (unpaired) electrons. The van der Waals surface area contributed by atoms with Crippen molar-refractivity contribution in [3.8, 4) is 5.69 Å². The highest BCUT2D eigenvalue weighted by molar-refractivity contribution is 9.10. The van der Waals surface area contributed by atoms with E-state index in [1.54, 1.807) is 15.3 Å². The Morgan fingerprint density at radius 2 is 2.14 bits per heavy atom. The molecule has 0 saturated heterocycles. The van der Waals surface area contributed by atoms with E-state index in [0.717, 1.165) is 10.2 Å². The predicted molar refractivity (Wildman–Crippen MR) is 85.0 cm³/mol. The zero-order valence-corrected chi connectivity index (χ0v) is 13.6. The Balaban J connectivity index is 1.86. The first-order valence-corrected chi connectivity index (χ1v) is 7.32. The second kappa shape index (κ2) is 5.72. The largest absolute Gasteiger partial charge is 0.345 e. The molecule has 0 fully saturated rings. The Hall–Kier alpha value is -2.48. The molecule has 0 unspecified atom stereocenters. The van der Waals surface area contributed by atoms with E-state index in [4.69, 9.17) is 0 Å². The number of amides is 1. The van der Waals surface area contributed by atoms with E-state index in [0.29, 0.717) is 17.2 Å². The van der Waals surface area contributed by atoms with Gasteiger partial charge in [-0.25, -0.2) is 0 Å². The SMILES string of the molecule is Cc1nnnn1-c1cccc(NC(=O)c2cc(Br)cn2C)c1. The monoisotopic (exact) mass is 360 g/mol. The Morgan fingerprint density at radius 3 is 2.77 bits per heavy atom. The molecule has 2 aromatic heterocycles. The van der Waals surface area contributed by atoms with Gasteiger partial charge in [-0.2, -0.15) is 4.68 Å². The van der Waals surface area contributed by atoms with Crippen LogP contribution in [0, 0.1) is 6.92 Å². The van der Waals surface area contributed by atoms with Crippen LogP contribution in [0.2, 0.25) is 0 Å². The summed E-state index contributed by atoms with van der Waals surface area (Å²) in [7, 11) is 1.82. The van der Waals surface area contributed by atoms with Crippen LogP contribution in [-0.2, 0) is 7.05 Å². The Labute approximate surface area is 135 Å². The first-order chi connectivity index (χ1) is 10.5. The van der Waals surface area contributed by atoms with Crippen molar-refractivity contribution in [3.05, 3.63) is 52.5 Å². The summed E-state index contributed by atoms with van der Waals surface area (Å²) in [6.45, 7) is 1.81. The number of benzene rings is 1. The summed E-state index contributed by atoms with van der Waals surface area (Å²) in [5.74, 6) is 0.494. The fourth-order valence-corrected chi connectivity index (χ4v) is 2.65. The van der Waals surface area contributed by atoms with Gasteiger partial charge >= 0.3 is 0 Å². The molecule has 0 aliphatic rings. The van der Waals surface area contributed by atoms with E-state index in [-0.39, 0.29) is 5.91 Å². The van der Waals surface area contributed by atoms with Gasteiger partial charge in [0.2, 0.25) is 0 Å². The average molecular weight is 361 g/mol. The van der Waals surface area contributed by atoms with E-state index in [9.17, 15) is 4.79 Å². The number of nitrogens with zero attached hydrogens (tertiary/aromatic N) is 5. The second-order valence-electron chi connectivity index (χ2n) is 4.80. The molecule has 0 atom stereocenters. The molecule has 3 aromatic rings. The number of aryl methyl sites for hydroxylation is 2. The molecule has 2 heterocycles. The molecule has 1 aromatic carbocycles. The first-order valence-electron chi connectivity index (χ1n) is 6.53. The lowest BCUT2D eigenvalue weighted by Crippen LogP contribution is -2.15. The zero-order valence-electron chi connectivity index (χ0n) is 12.0. The lowest BCUT2D eigenvalue weighted by molar-refractivity contribution is 0.101. The smallest absolute Gasteiger partial charge is 0.272 e. The predicted octanol–water partition coefficient (Wildman–Crippen LogP) is 2.32. The summed E-state index contributed by atoms with van der Waals surface area (Å²) >= 11 is 3.36. The fraction of sp³-hybridized carbons (Fsp3) is 0.143. The molecule has 112 valence electrons. The van der Waals surface area contributed by atoms with Crippen LogP contribution in [0.5, 0.6) is 0 Å². The number of hydrogen-bond acceptors (Lipinski definition) is 4. The maximum absolute atomic E-state index is 12.3. The van der Waals surface area contributed by atoms with Crippen LogP contribution in [0.25, 0.3) is 5.69 Å². The maximum Gasteiger partial charge on any atom is 0.272 e. The zero-order chi connectivity index (χ0) is 15.7. The third-order valence-corrected chi connectivity index (χ3v) is 3.61. The van der Waals surface area contributed by atoms with Gasteiger partial charge in [0.1, 0.15) is 5.69 Å². The molecule has 0 bridgehead atoms. The minimum absolute atomic E-state index is 0.182. The van der Waals surface area contributed by atoms with E-state index in [2.05, 4.69) is 36.8 Å². The van der Waals surface area contributed by atoms with Crippen molar-refractivity contribution in [1.29, 1.82) is 0 Å². The Kier molecular flexibility index (Phi) is 3.76. The van der Waals surface area contributed by atoms with Crippen molar-refractivity contribution in [3.63, 3.8) is 0 Å². The van der Waals surface area contributed by atoms with Crippen molar-refractivity contribution < 1.29 is 4.79 Å². The Bertz CT molecular complexity index is 837. The van der Waals surface area contributed by atoms with Gasteiger partial charge in [-0.05, 0) is 57.5 Å². The average Bonchev–Trinajstić information content (AvgIpc) is 3.04. The molecule has 0 spiro atoms. The minimum Gasteiger partial charge on any atom is -0.345 e. The number of anilines is 1. The van der Waals surface area contributed by atoms with E-state index < -0.39 is 0 Å². The molecule has 7 nitrogen and oxygen atoms in total. The highest BCUT2D eigenvalue weighted by Gasteiger charge is 2.12. The molecular weight excluding hydrogens is 348 g/mol. The lowest BCUT2D eigenvalue weighted by Gasteiger charge is -2.08. The quantitative estimate of drug-likeness (QED) is 0.777. The summed E-state index contributed by atoms with van der Waals surface area (Å²) < 4.78 is 4.22. The van der Waals surface area contributed by atoms with Crippen molar-refractivity contribution in [1.82, 2.24) is 24.8 Å². The van der Waals surface area contributed by atoms with Gasteiger partial charge in [-0.1, -0.05) is 6.07 Å². The van der Waals surface area contributed by atoms with Crippen molar-refractivity contribution in [2.24, 2.45) is 7.05 Å². The summed E-state index contributed by atoms with van der Waals surface area (Å²) in [4.78, 5) is 12.3. The molecular formula is C14H13BrN6O. The van der Waals surface area contributed by atoms with Crippen LogP contribution in [0.1, 0.15) is 16.3 Å². The second-order valence-corrected chi connectivity index (χ2v) is 5.71.